The number of rotatable bonds is 1. The lowest BCUT2D eigenvalue weighted by Crippen LogP contribution is -2.00. The molecule has 0 unspecified atom stereocenters. The SMILES string of the molecule is Nc1c(Cl)cccc1-n1cc(I)cn1. The van der Waals surface area contributed by atoms with Crippen molar-refractivity contribution in [1.29, 1.82) is 0 Å². The van der Waals surface area contributed by atoms with Crippen LogP contribution in [0.15, 0.2) is 30.6 Å². The number of hydrogen-bond acceptors (Lipinski definition) is 2. The lowest BCUT2D eigenvalue weighted by Gasteiger charge is -2.06. The summed E-state index contributed by atoms with van der Waals surface area (Å²) in [4.78, 5) is 0. The minimum atomic E-state index is 0.549. The molecule has 0 saturated carbocycles. The van der Waals surface area contributed by atoms with Gasteiger partial charge >= 0.3 is 0 Å². The van der Waals surface area contributed by atoms with Gasteiger partial charge in [0.25, 0.3) is 0 Å². The molecule has 0 bridgehead atoms. The van der Waals surface area contributed by atoms with Gasteiger partial charge in [0.2, 0.25) is 0 Å². The molecular formula is C9H7ClIN3. The maximum Gasteiger partial charge on any atom is 0.0890 e. The largest absolute Gasteiger partial charge is 0.396 e. The number of nitrogens with two attached hydrogens (primary N) is 1. The van der Waals surface area contributed by atoms with Gasteiger partial charge in [-0.2, -0.15) is 5.10 Å². The summed E-state index contributed by atoms with van der Waals surface area (Å²) in [7, 11) is 0. The van der Waals surface area contributed by atoms with Crippen molar-refractivity contribution in [2.24, 2.45) is 0 Å². The van der Waals surface area contributed by atoms with Gasteiger partial charge in [-0.3, -0.25) is 0 Å². The summed E-state index contributed by atoms with van der Waals surface area (Å²) in [6.07, 6.45) is 3.66. The highest BCUT2D eigenvalue weighted by molar-refractivity contribution is 14.1. The summed E-state index contributed by atoms with van der Waals surface area (Å²) < 4.78 is 2.77. The monoisotopic (exact) mass is 319 g/mol. The average molecular weight is 320 g/mol. The molecule has 0 saturated heterocycles. The van der Waals surface area contributed by atoms with Crippen molar-refractivity contribution in [2.75, 3.05) is 5.73 Å². The minimum Gasteiger partial charge on any atom is -0.396 e. The first-order valence-electron chi connectivity index (χ1n) is 3.93. The van der Waals surface area contributed by atoms with Gasteiger partial charge in [0.15, 0.2) is 0 Å². The normalized spacial score (nSPS) is 10.4. The van der Waals surface area contributed by atoms with Crippen molar-refractivity contribution in [3.8, 4) is 5.69 Å². The van der Waals surface area contributed by atoms with Crippen LogP contribution in [0.4, 0.5) is 5.69 Å². The Morgan fingerprint density at radius 1 is 1.43 bits per heavy atom. The summed E-state index contributed by atoms with van der Waals surface area (Å²) in [5.74, 6) is 0. The zero-order chi connectivity index (χ0) is 10.1. The second kappa shape index (κ2) is 3.78. The van der Waals surface area contributed by atoms with Gasteiger partial charge in [-0.15, -0.1) is 0 Å². The van der Waals surface area contributed by atoms with E-state index in [1.54, 1.807) is 16.9 Å². The fraction of sp³-hybridized carbons (Fsp3) is 0. The van der Waals surface area contributed by atoms with E-state index in [9.17, 15) is 0 Å². The number of nitrogen functional groups attached to an aromatic ring is 1. The van der Waals surface area contributed by atoms with Gasteiger partial charge in [-0.25, -0.2) is 4.68 Å². The minimum absolute atomic E-state index is 0.549. The quantitative estimate of drug-likeness (QED) is 0.649. The van der Waals surface area contributed by atoms with E-state index in [1.165, 1.54) is 0 Å². The van der Waals surface area contributed by atoms with E-state index in [0.29, 0.717) is 10.7 Å². The Hall–Kier alpha value is -0.750. The molecule has 3 nitrogen and oxygen atoms in total. The lowest BCUT2D eigenvalue weighted by atomic mass is 10.3. The highest BCUT2D eigenvalue weighted by Crippen LogP contribution is 2.25. The Labute approximate surface area is 100 Å². The van der Waals surface area contributed by atoms with Crippen LogP contribution in [0.3, 0.4) is 0 Å². The molecule has 0 radical (unpaired) electrons. The van der Waals surface area contributed by atoms with Gasteiger partial charge in [0.05, 0.1) is 26.2 Å². The Kier molecular flexibility index (Phi) is 2.64. The predicted octanol–water partition coefficient (Wildman–Crippen LogP) is 2.71. The third-order valence-electron chi connectivity index (χ3n) is 1.83. The summed E-state index contributed by atoms with van der Waals surface area (Å²) in [6, 6.07) is 5.49. The van der Waals surface area contributed by atoms with E-state index >= 15 is 0 Å². The second-order valence-corrected chi connectivity index (χ2v) is 4.43. The highest BCUT2D eigenvalue weighted by atomic mass is 127. The fourth-order valence-corrected chi connectivity index (χ4v) is 1.72. The molecule has 0 amide bonds. The molecule has 0 spiro atoms. The predicted molar refractivity (Wildman–Crippen MR) is 65.7 cm³/mol. The molecule has 2 aromatic rings. The average Bonchev–Trinajstić information content (AvgIpc) is 2.57. The third kappa shape index (κ3) is 1.72. The van der Waals surface area contributed by atoms with Crippen LogP contribution in [0.1, 0.15) is 0 Å². The smallest absolute Gasteiger partial charge is 0.0890 e. The zero-order valence-electron chi connectivity index (χ0n) is 7.11. The zero-order valence-corrected chi connectivity index (χ0v) is 10.0. The molecule has 0 atom stereocenters. The maximum atomic E-state index is 5.90. The van der Waals surface area contributed by atoms with Crippen molar-refractivity contribution >= 4 is 39.9 Å². The molecular weight excluding hydrogens is 312 g/mol. The number of halogens is 2. The van der Waals surface area contributed by atoms with Gasteiger partial charge in [-0.05, 0) is 34.7 Å². The lowest BCUT2D eigenvalue weighted by molar-refractivity contribution is 0.883. The molecule has 14 heavy (non-hydrogen) atoms. The molecule has 72 valence electrons. The van der Waals surface area contributed by atoms with Crippen molar-refractivity contribution < 1.29 is 0 Å². The van der Waals surface area contributed by atoms with Gasteiger partial charge in [0, 0.05) is 6.20 Å². The van der Waals surface area contributed by atoms with Crippen molar-refractivity contribution in [1.82, 2.24) is 9.78 Å². The standard InChI is InChI=1S/C9H7ClIN3/c10-7-2-1-3-8(9(7)12)14-5-6(11)4-13-14/h1-5H,12H2. The number of hydrogen-bond donors (Lipinski definition) is 1. The summed E-state index contributed by atoms with van der Waals surface area (Å²) >= 11 is 8.09. The van der Waals surface area contributed by atoms with Crippen LogP contribution < -0.4 is 5.73 Å². The topological polar surface area (TPSA) is 43.8 Å². The molecule has 2 rings (SSSR count). The summed E-state index contributed by atoms with van der Waals surface area (Å²) in [5, 5.41) is 4.71. The van der Waals surface area contributed by atoms with Crippen LogP contribution in [0, 0.1) is 3.57 Å². The van der Waals surface area contributed by atoms with E-state index in [-0.39, 0.29) is 0 Å². The van der Waals surface area contributed by atoms with Crippen molar-refractivity contribution in [2.45, 2.75) is 0 Å². The van der Waals surface area contributed by atoms with Gasteiger partial charge in [-0.1, -0.05) is 17.7 Å². The Balaban J connectivity index is 2.57. The van der Waals surface area contributed by atoms with Crippen LogP contribution in [-0.2, 0) is 0 Å². The van der Waals surface area contributed by atoms with Crippen LogP contribution in [0.5, 0.6) is 0 Å². The molecule has 2 N–H and O–H groups in total. The number of nitrogens with zero attached hydrogens (tertiary/aromatic N) is 2. The molecule has 0 aliphatic heterocycles. The van der Waals surface area contributed by atoms with Crippen molar-refractivity contribution in [3.63, 3.8) is 0 Å². The van der Waals surface area contributed by atoms with E-state index in [1.807, 2.05) is 18.3 Å². The number of para-hydroxylation sites is 1. The Bertz CT molecular complexity index is 467. The second-order valence-electron chi connectivity index (χ2n) is 2.78. The Morgan fingerprint density at radius 2 is 2.21 bits per heavy atom. The van der Waals surface area contributed by atoms with Crippen molar-refractivity contribution in [3.05, 3.63) is 39.2 Å². The van der Waals surface area contributed by atoms with E-state index < -0.39 is 0 Å². The molecule has 0 aliphatic carbocycles. The fourth-order valence-electron chi connectivity index (χ4n) is 1.16. The van der Waals surface area contributed by atoms with Crippen LogP contribution in [-0.4, -0.2) is 9.78 Å². The third-order valence-corrected chi connectivity index (χ3v) is 2.71. The summed E-state index contributed by atoms with van der Waals surface area (Å²) in [6.45, 7) is 0. The number of anilines is 1. The maximum absolute atomic E-state index is 5.90. The van der Waals surface area contributed by atoms with Gasteiger partial charge in [0.1, 0.15) is 0 Å². The molecule has 1 aromatic heterocycles. The van der Waals surface area contributed by atoms with E-state index in [2.05, 4.69) is 27.7 Å². The molecule has 0 aliphatic rings. The summed E-state index contributed by atoms with van der Waals surface area (Å²) in [5.41, 5.74) is 7.18. The van der Waals surface area contributed by atoms with Gasteiger partial charge < -0.3 is 5.73 Å². The van der Waals surface area contributed by atoms with Crippen LogP contribution >= 0.6 is 34.2 Å². The van der Waals surface area contributed by atoms with E-state index in [4.69, 9.17) is 17.3 Å². The van der Waals surface area contributed by atoms with E-state index in [0.717, 1.165) is 9.26 Å². The first-order valence-corrected chi connectivity index (χ1v) is 5.38. The van der Waals surface area contributed by atoms with Crippen LogP contribution in [0.25, 0.3) is 5.69 Å². The highest BCUT2D eigenvalue weighted by Gasteiger charge is 2.05. The molecule has 0 fully saturated rings. The molecule has 1 aromatic carbocycles. The first kappa shape index (κ1) is 9.79. The molecule has 1 heterocycles. The van der Waals surface area contributed by atoms with Crippen LogP contribution in [0.2, 0.25) is 5.02 Å². The number of aromatic nitrogens is 2. The Morgan fingerprint density at radius 3 is 2.86 bits per heavy atom. The molecule has 5 heteroatoms. The number of benzene rings is 1. The first-order chi connectivity index (χ1) is 6.68.